The van der Waals surface area contributed by atoms with Crippen LogP contribution >= 0.6 is 0 Å². The Hall–Kier alpha value is -3.29. The van der Waals surface area contributed by atoms with Crippen molar-refractivity contribution in [1.29, 1.82) is 0 Å². The molecule has 1 heterocycles. The quantitative estimate of drug-likeness (QED) is 0.740. The summed E-state index contributed by atoms with van der Waals surface area (Å²) in [7, 11) is 0. The Morgan fingerprint density at radius 3 is 2.55 bits per heavy atom. The Labute approximate surface area is 180 Å². The Balaban J connectivity index is 1.75. The van der Waals surface area contributed by atoms with Crippen LogP contribution < -0.4 is 11.1 Å². The summed E-state index contributed by atoms with van der Waals surface area (Å²) in [6.07, 6.45) is 0.196. The average Bonchev–Trinajstić information content (AvgIpc) is 2.68. The molecule has 0 spiro atoms. The molecule has 2 aromatic rings. The number of halogens is 2. The Morgan fingerprint density at radius 2 is 1.90 bits per heavy atom. The van der Waals surface area contributed by atoms with Crippen LogP contribution in [0.1, 0.15) is 48.7 Å². The molecular formula is C23H26F2N4O2. The fourth-order valence-electron chi connectivity index (χ4n) is 3.38. The summed E-state index contributed by atoms with van der Waals surface area (Å²) in [5.41, 5.74) is 6.55. The van der Waals surface area contributed by atoms with Gasteiger partial charge in [0.2, 0.25) is 5.91 Å². The van der Waals surface area contributed by atoms with Crippen molar-refractivity contribution in [2.75, 3.05) is 0 Å². The molecule has 2 aromatic carbocycles. The molecular weight excluding hydrogens is 402 g/mol. The first-order valence-corrected chi connectivity index (χ1v) is 10.1. The van der Waals surface area contributed by atoms with E-state index in [0.29, 0.717) is 11.1 Å². The summed E-state index contributed by atoms with van der Waals surface area (Å²) in [5, 5.41) is 2.64. The fraction of sp³-hybridized carbons (Fsp3) is 0.348. The largest absolute Gasteiger partial charge is 0.369 e. The van der Waals surface area contributed by atoms with E-state index in [1.54, 1.807) is 12.1 Å². The number of benzene rings is 2. The number of aliphatic imine (C=N–C) groups is 1. The van der Waals surface area contributed by atoms with Gasteiger partial charge in [0.1, 0.15) is 11.6 Å². The number of rotatable bonds is 6. The number of hydrogen-bond donors (Lipinski definition) is 2. The van der Waals surface area contributed by atoms with Gasteiger partial charge in [-0.15, -0.1) is 0 Å². The van der Waals surface area contributed by atoms with Gasteiger partial charge in [-0.25, -0.2) is 13.8 Å². The van der Waals surface area contributed by atoms with E-state index < -0.39 is 23.1 Å². The zero-order valence-electron chi connectivity index (χ0n) is 17.8. The molecule has 2 amide bonds. The molecule has 1 aliphatic rings. The normalized spacial score (nSPS) is 18.8. The van der Waals surface area contributed by atoms with Crippen LogP contribution in [0.4, 0.5) is 8.78 Å². The fourth-order valence-corrected chi connectivity index (χ4v) is 3.38. The van der Waals surface area contributed by atoms with E-state index >= 15 is 0 Å². The summed E-state index contributed by atoms with van der Waals surface area (Å²) in [6.45, 7) is 5.93. The van der Waals surface area contributed by atoms with Gasteiger partial charge in [-0.3, -0.25) is 14.5 Å². The number of carbonyl (C=O) groups excluding carboxylic acids is 2. The molecule has 0 saturated heterocycles. The highest BCUT2D eigenvalue weighted by Crippen LogP contribution is 2.30. The predicted octanol–water partition coefficient (Wildman–Crippen LogP) is 3.36. The van der Waals surface area contributed by atoms with Gasteiger partial charge in [0.15, 0.2) is 5.96 Å². The lowest BCUT2D eigenvalue weighted by atomic mass is 9.84. The number of nitrogens with zero attached hydrogens (tertiary/aromatic N) is 2. The lowest BCUT2D eigenvalue weighted by Gasteiger charge is -2.37. The van der Waals surface area contributed by atoms with Gasteiger partial charge in [-0.05, 0) is 54.3 Å². The number of hydrogen-bond acceptors (Lipinski definition) is 4. The van der Waals surface area contributed by atoms with Gasteiger partial charge in [-0.2, -0.15) is 0 Å². The third-order valence-corrected chi connectivity index (χ3v) is 5.60. The Morgan fingerprint density at radius 1 is 1.19 bits per heavy atom. The van der Waals surface area contributed by atoms with E-state index in [4.69, 9.17) is 5.73 Å². The number of guanidine groups is 1. The van der Waals surface area contributed by atoms with Crippen molar-refractivity contribution < 1.29 is 18.4 Å². The zero-order chi connectivity index (χ0) is 22.8. The molecule has 31 heavy (non-hydrogen) atoms. The first kappa shape index (κ1) is 22.4. The molecule has 1 aliphatic heterocycles. The van der Waals surface area contributed by atoms with Crippen molar-refractivity contribution in [2.45, 2.75) is 45.8 Å². The summed E-state index contributed by atoms with van der Waals surface area (Å²) >= 11 is 0. The minimum Gasteiger partial charge on any atom is -0.369 e. The first-order valence-electron chi connectivity index (χ1n) is 10.1. The molecule has 3 N–H and O–H groups in total. The van der Waals surface area contributed by atoms with Gasteiger partial charge in [0, 0.05) is 12.1 Å². The van der Waals surface area contributed by atoms with Gasteiger partial charge in [0.25, 0.3) is 5.91 Å². The molecule has 3 rings (SSSR count). The minimum atomic E-state index is -0.611. The van der Waals surface area contributed by atoms with Gasteiger partial charge < -0.3 is 11.1 Å². The Bertz CT molecular complexity index is 1040. The van der Waals surface area contributed by atoms with Gasteiger partial charge in [0.05, 0.1) is 18.5 Å². The van der Waals surface area contributed by atoms with Crippen LogP contribution in [0.15, 0.2) is 47.5 Å². The van der Waals surface area contributed by atoms with Crippen LogP contribution in [-0.2, 0) is 17.9 Å². The summed E-state index contributed by atoms with van der Waals surface area (Å²) in [5.74, 6) is -1.53. The maximum Gasteiger partial charge on any atom is 0.251 e. The minimum absolute atomic E-state index is 0.00424. The van der Waals surface area contributed by atoms with Crippen molar-refractivity contribution >= 4 is 17.8 Å². The highest BCUT2D eigenvalue weighted by molar-refractivity contribution is 5.99. The van der Waals surface area contributed by atoms with E-state index in [1.807, 2.05) is 20.8 Å². The van der Waals surface area contributed by atoms with Crippen LogP contribution in [0.3, 0.4) is 0 Å². The second-order valence-electron chi connectivity index (χ2n) is 8.30. The van der Waals surface area contributed by atoms with E-state index in [1.165, 1.54) is 29.2 Å². The third kappa shape index (κ3) is 5.25. The third-order valence-electron chi connectivity index (χ3n) is 5.60. The number of nitrogens with two attached hydrogens (primary N) is 1. The highest BCUT2D eigenvalue weighted by Gasteiger charge is 2.38. The number of nitrogens with one attached hydrogen (secondary N) is 1. The van der Waals surface area contributed by atoms with E-state index in [9.17, 15) is 18.4 Å². The molecule has 0 fully saturated rings. The van der Waals surface area contributed by atoms with Crippen molar-refractivity contribution in [3.63, 3.8) is 0 Å². The molecule has 0 unspecified atom stereocenters. The summed E-state index contributed by atoms with van der Waals surface area (Å²) in [6, 6.07) is 9.70. The lowest BCUT2D eigenvalue weighted by molar-refractivity contribution is -0.130. The standard InChI is InChI=1S/C23H26F2N4O2/c1-14(2)23(3)11-20(30)29(22(26)28-23)13-16-7-17(10-19(25)9-16)21(31)27-12-15-5-4-6-18(24)8-15/h4-10,14H,11-13H2,1-3H3,(H2,26,28)(H,27,31)/t23-/m0/s1. The molecule has 8 heteroatoms. The SMILES string of the molecule is CC(C)[C@]1(C)CC(=O)N(Cc2cc(F)cc(C(=O)NCc3cccc(F)c3)c2)C(N)=N1. The molecule has 6 nitrogen and oxygen atoms in total. The van der Waals surface area contributed by atoms with Crippen LogP contribution in [0.2, 0.25) is 0 Å². The van der Waals surface area contributed by atoms with E-state index in [2.05, 4.69) is 10.3 Å². The molecule has 1 atom stereocenters. The zero-order valence-corrected chi connectivity index (χ0v) is 17.8. The molecule has 0 aromatic heterocycles. The van der Waals surface area contributed by atoms with Crippen molar-refractivity contribution in [2.24, 2.45) is 16.6 Å². The predicted molar refractivity (Wildman–Crippen MR) is 114 cm³/mol. The Kier molecular flexibility index (Phi) is 6.38. The number of amides is 2. The molecule has 0 bridgehead atoms. The molecule has 0 radical (unpaired) electrons. The highest BCUT2D eigenvalue weighted by atomic mass is 19.1. The van der Waals surface area contributed by atoms with Crippen LogP contribution in [0.5, 0.6) is 0 Å². The monoisotopic (exact) mass is 428 g/mol. The summed E-state index contributed by atoms with van der Waals surface area (Å²) in [4.78, 5) is 31.0. The second kappa shape index (κ2) is 8.83. The topological polar surface area (TPSA) is 87.8 Å². The lowest BCUT2D eigenvalue weighted by Crippen LogP contribution is -2.51. The molecule has 0 saturated carbocycles. The van der Waals surface area contributed by atoms with E-state index in [-0.39, 0.29) is 42.9 Å². The molecule has 164 valence electrons. The maximum absolute atomic E-state index is 14.2. The van der Waals surface area contributed by atoms with E-state index in [0.717, 1.165) is 6.07 Å². The van der Waals surface area contributed by atoms with Crippen LogP contribution in [-0.4, -0.2) is 28.2 Å². The molecule has 0 aliphatic carbocycles. The maximum atomic E-state index is 14.2. The van der Waals surface area contributed by atoms with Gasteiger partial charge in [-0.1, -0.05) is 26.0 Å². The first-order chi connectivity index (χ1) is 14.6. The van der Waals surface area contributed by atoms with Crippen molar-refractivity contribution in [1.82, 2.24) is 10.2 Å². The summed E-state index contributed by atoms with van der Waals surface area (Å²) < 4.78 is 27.5. The van der Waals surface area contributed by atoms with Crippen LogP contribution in [0, 0.1) is 17.6 Å². The average molecular weight is 428 g/mol. The van der Waals surface area contributed by atoms with Crippen LogP contribution in [0.25, 0.3) is 0 Å². The van der Waals surface area contributed by atoms with Crippen molar-refractivity contribution in [3.8, 4) is 0 Å². The van der Waals surface area contributed by atoms with Gasteiger partial charge >= 0.3 is 0 Å². The van der Waals surface area contributed by atoms with Crippen molar-refractivity contribution in [3.05, 3.63) is 70.8 Å². The number of carbonyl (C=O) groups is 2. The second-order valence-corrected chi connectivity index (χ2v) is 8.30. The smallest absolute Gasteiger partial charge is 0.251 e.